The van der Waals surface area contributed by atoms with Crippen molar-refractivity contribution in [3.63, 3.8) is 0 Å². The van der Waals surface area contributed by atoms with E-state index >= 15 is 0 Å². The normalized spacial score (nSPS) is 9.80. The van der Waals surface area contributed by atoms with E-state index in [1.807, 2.05) is 6.07 Å². The topological polar surface area (TPSA) is 109 Å². The first-order valence-electron chi connectivity index (χ1n) is 5.26. The van der Waals surface area contributed by atoms with Crippen LogP contribution in [0.2, 0.25) is 5.02 Å². The summed E-state index contributed by atoms with van der Waals surface area (Å²) in [6.45, 7) is 0. The van der Waals surface area contributed by atoms with Gasteiger partial charge in [0.15, 0.2) is 5.76 Å². The molecule has 0 atom stereocenters. The molecule has 1 aromatic carbocycles. The summed E-state index contributed by atoms with van der Waals surface area (Å²) in [4.78, 5) is 21.6. The highest BCUT2D eigenvalue weighted by Gasteiger charge is 2.18. The van der Waals surface area contributed by atoms with Crippen LogP contribution >= 0.6 is 11.6 Å². The number of nitrogens with one attached hydrogen (secondary N) is 1. The smallest absolute Gasteiger partial charge is 0.395 e. The molecule has 0 bridgehead atoms. The lowest BCUT2D eigenvalue weighted by Gasteiger charge is -2.05. The average Bonchev–Trinajstić information content (AvgIpc) is 2.89. The molecule has 0 aliphatic heterocycles. The Balaban J connectivity index is 2.25. The number of furan rings is 1. The first-order valence-corrected chi connectivity index (χ1v) is 5.64. The molecule has 0 aliphatic carbocycles. The zero-order valence-corrected chi connectivity index (χ0v) is 10.5. The van der Waals surface area contributed by atoms with Crippen LogP contribution in [0, 0.1) is 21.4 Å². The van der Waals surface area contributed by atoms with E-state index in [2.05, 4.69) is 5.32 Å². The van der Waals surface area contributed by atoms with Gasteiger partial charge in [0.05, 0.1) is 17.3 Å². The molecule has 1 heterocycles. The summed E-state index contributed by atoms with van der Waals surface area (Å²) in [6.07, 6.45) is 0. The Morgan fingerprint density at radius 1 is 1.40 bits per heavy atom. The number of nitrogens with zero attached hydrogens (tertiary/aromatic N) is 2. The lowest BCUT2D eigenvalue weighted by Crippen LogP contribution is -2.12. The van der Waals surface area contributed by atoms with Crippen molar-refractivity contribution in [2.24, 2.45) is 0 Å². The van der Waals surface area contributed by atoms with Gasteiger partial charge in [-0.15, -0.1) is 0 Å². The summed E-state index contributed by atoms with van der Waals surface area (Å²) >= 11 is 5.78. The minimum absolute atomic E-state index is 0.198. The van der Waals surface area contributed by atoms with Crippen molar-refractivity contribution < 1.29 is 14.1 Å². The number of halogens is 1. The SMILES string of the molecule is N#Cc1ccc(Cl)cc1NC(=O)c1ccc([N+](=O)[O-])o1. The maximum Gasteiger partial charge on any atom is 0.433 e. The highest BCUT2D eigenvalue weighted by Crippen LogP contribution is 2.22. The predicted octanol–water partition coefficient (Wildman–Crippen LogP) is 2.97. The molecule has 7 nitrogen and oxygen atoms in total. The van der Waals surface area contributed by atoms with Crippen LogP contribution < -0.4 is 5.32 Å². The lowest BCUT2D eigenvalue weighted by molar-refractivity contribution is -0.402. The molecule has 0 radical (unpaired) electrons. The van der Waals surface area contributed by atoms with Gasteiger partial charge in [0.2, 0.25) is 0 Å². The van der Waals surface area contributed by atoms with Gasteiger partial charge in [0.1, 0.15) is 11.0 Å². The second-order valence-electron chi connectivity index (χ2n) is 3.65. The zero-order chi connectivity index (χ0) is 14.7. The Bertz CT molecular complexity index is 733. The van der Waals surface area contributed by atoms with Crippen molar-refractivity contribution >= 4 is 29.1 Å². The Kier molecular flexibility index (Phi) is 3.68. The largest absolute Gasteiger partial charge is 0.433 e. The van der Waals surface area contributed by atoms with E-state index in [-0.39, 0.29) is 17.0 Å². The summed E-state index contributed by atoms with van der Waals surface area (Å²) in [5.41, 5.74) is 0.410. The van der Waals surface area contributed by atoms with Crippen LogP contribution in [0.25, 0.3) is 0 Å². The Morgan fingerprint density at radius 3 is 2.75 bits per heavy atom. The minimum atomic E-state index is -0.753. The third kappa shape index (κ3) is 2.76. The number of hydrogen-bond donors (Lipinski definition) is 1. The number of carbonyl (C=O) groups excluding carboxylic acids is 1. The van der Waals surface area contributed by atoms with Gasteiger partial charge in [0.25, 0.3) is 5.91 Å². The molecule has 100 valence electrons. The van der Waals surface area contributed by atoms with Gasteiger partial charge in [-0.05, 0) is 24.3 Å². The number of nitro groups is 1. The monoisotopic (exact) mass is 291 g/mol. The summed E-state index contributed by atoms with van der Waals surface area (Å²) < 4.78 is 4.76. The Hall–Kier alpha value is -2.85. The van der Waals surface area contributed by atoms with Gasteiger partial charge in [-0.1, -0.05) is 11.6 Å². The molecule has 0 saturated carbocycles. The molecule has 0 unspecified atom stereocenters. The fraction of sp³-hybridized carbons (Fsp3) is 0. The van der Waals surface area contributed by atoms with E-state index in [1.54, 1.807) is 0 Å². The summed E-state index contributed by atoms with van der Waals surface area (Å²) in [5.74, 6) is -1.49. The molecule has 0 aliphatic rings. The number of benzene rings is 1. The predicted molar refractivity (Wildman–Crippen MR) is 69.5 cm³/mol. The van der Waals surface area contributed by atoms with Gasteiger partial charge in [-0.3, -0.25) is 14.9 Å². The Morgan fingerprint density at radius 2 is 2.15 bits per heavy atom. The fourth-order valence-corrected chi connectivity index (χ4v) is 1.62. The van der Waals surface area contributed by atoms with Gasteiger partial charge in [-0.2, -0.15) is 5.26 Å². The highest BCUT2D eigenvalue weighted by molar-refractivity contribution is 6.31. The molecule has 1 amide bonds. The summed E-state index contributed by atoms with van der Waals surface area (Å²) in [7, 11) is 0. The van der Waals surface area contributed by atoms with Crippen molar-refractivity contribution in [1.82, 2.24) is 0 Å². The number of hydrogen-bond acceptors (Lipinski definition) is 5. The molecule has 0 saturated heterocycles. The summed E-state index contributed by atoms with van der Waals surface area (Å²) in [5, 5.41) is 22.1. The van der Waals surface area contributed by atoms with E-state index < -0.39 is 16.7 Å². The second-order valence-corrected chi connectivity index (χ2v) is 4.09. The standard InChI is InChI=1S/C12H6ClN3O4/c13-8-2-1-7(6-14)9(5-8)15-12(17)10-3-4-11(20-10)16(18)19/h1-5H,(H,15,17). The molecule has 0 fully saturated rings. The quantitative estimate of drug-likeness (QED) is 0.690. The van der Waals surface area contributed by atoms with E-state index in [4.69, 9.17) is 21.3 Å². The van der Waals surface area contributed by atoms with Crippen LogP contribution in [0.1, 0.15) is 16.1 Å². The van der Waals surface area contributed by atoms with E-state index in [1.165, 1.54) is 24.3 Å². The number of carbonyl (C=O) groups is 1. The molecule has 2 aromatic rings. The number of nitriles is 1. The van der Waals surface area contributed by atoms with Crippen molar-refractivity contribution in [2.45, 2.75) is 0 Å². The molecule has 8 heteroatoms. The minimum Gasteiger partial charge on any atom is -0.395 e. The zero-order valence-electron chi connectivity index (χ0n) is 9.79. The maximum absolute atomic E-state index is 11.8. The van der Waals surface area contributed by atoms with E-state index in [0.29, 0.717) is 5.02 Å². The van der Waals surface area contributed by atoms with Gasteiger partial charge < -0.3 is 9.73 Å². The van der Waals surface area contributed by atoms with Crippen LogP contribution in [-0.2, 0) is 0 Å². The third-order valence-corrected chi connectivity index (χ3v) is 2.58. The lowest BCUT2D eigenvalue weighted by atomic mass is 10.2. The van der Waals surface area contributed by atoms with Crippen molar-refractivity contribution in [3.05, 3.63) is 56.8 Å². The van der Waals surface area contributed by atoms with Crippen molar-refractivity contribution in [1.29, 1.82) is 5.26 Å². The molecular formula is C12H6ClN3O4. The van der Waals surface area contributed by atoms with Gasteiger partial charge >= 0.3 is 5.88 Å². The van der Waals surface area contributed by atoms with E-state index in [9.17, 15) is 14.9 Å². The first kappa shape index (κ1) is 13.6. The third-order valence-electron chi connectivity index (χ3n) is 2.35. The maximum atomic E-state index is 11.8. The van der Waals surface area contributed by atoms with Crippen LogP contribution in [0.5, 0.6) is 0 Å². The highest BCUT2D eigenvalue weighted by atomic mass is 35.5. The molecule has 0 spiro atoms. The summed E-state index contributed by atoms with van der Waals surface area (Å²) in [6, 6.07) is 8.48. The molecule has 1 N–H and O–H groups in total. The van der Waals surface area contributed by atoms with Gasteiger partial charge in [0, 0.05) is 5.02 Å². The van der Waals surface area contributed by atoms with Crippen molar-refractivity contribution in [3.8, 4) is 6.07 Å². The average molecular weight is 292 g/mol. The molecule has 2 rings (SSSR count). The van der Waals surface area contributed by atoms with Crippen LogP contribution in [0.3, 0.4) is 0 Å². The molecular weight excluding hydrogens is 286 g/mol. The second kappa shape index (κ2) is 5.42. The van der Waals surface area contributed by atoms with Crippen LogP contribution in [0.4, 0.5) is 11.6 Å². The van der Waals surface area contributed by atoms with Crippen LogP contribution in [-0.4, -0.2) is 10.8 Å². The van der Waals surface area contributed by atoms with Gasteiger partial charge in [-0.25, -0.2) is 0 Å². The van der Waals surface area contributed by atoms with E-state index in [0.717, 1.165) is 6.07 Å². The fourth-order valence-electron chi connectivity index (χ4n) is 1.45. The number of amides is 1. The molecule has 20 heavy (non-hydrogen) atoms. The first-order chi connectivity index (χ1) is 9.51. The Labute approximate surface area is 117 Å². The number of rotatable bonds is 3. The van der Waals surface area contributed by atoms with Crippen molar-refractivity contribution in [2.75, 3.05) is 5.32 Å². The van der Waals surface area contributed by atoms with Crippen LogP contribution in [0.15, 0.2) is 34.7 Å². The molecule has 1 aromatic heterocycles. The number of anilines is 1.